The average molecular weight is 425 g/mol. The molecule has 0 unspecified atom stereocenters. The lowest BCUT2D eigenvalue weighted by atomic mass is 10.0. The molecule has 0 saturated carbocycles. The van der Waals surface area contributed by atoms with Crippen LogP contribution in [0.3, 0.4) is 0 Å². The van der Waals surface area contributed by atoms with Crippen molar-refractivity contribution in [1.29, 1.82) is 0 Å². The van der Waals surface area contributed by atoms with Crippen molar-refractivity contribution in [3.63, 3.8) is 0 Å². The summed E-state index contributed by atoms with van der Waals surface area (Å²) in [6, 6.07) is 8.91. The predicted octanol–water partition coefficient (Wildman–Crippen LogP) is 2.14. The SMILES string of the molecule is CO[C@@H]1[C@H]2OC(C)(C)O[C@H]2CO[C@H]1n1cnc2c(NC(=O)c3ccccc3)ncnc21. The topological polar surface area (TPSA) is 110 Å². The summed E-state index contributed by atoms with van der Waals surface area (Å²) in [5.74, 6) is -0.666. The molecule has 5 rings (SSSR count). The molecule has 0 spiro atoms. The van der Waals surface area contributed by atoms with Crippen LogP contribution in [0, 0.1) is 0 Å². The second-order valence-electron chi connectivity index (χ2n) is 7.93. The highest BCUT2D eigenvalue weighted by molar-refractivity contribution is 6.06. The Morgan fingerprint density at radius 2 is 2.00 bits per heavy atom. The summed E-state index contributed by atoms with van der Waals surface area (Å²) in [7, 11) is 1.61. The number of imidazole rings is 1. The molecule has 10 heteroatoms. The Morgan fingerprint density at radius 3 is 2.77 bits per heavy atom. The lowest BCUT2D eigenvalue weighted by Gasteiger charge is -2.37. The molecule has 1 aromatic carbocycles. The fraction of sp³-hybridized carbons (Fsp3) is 0.429. The number of rotatable bonds is 4. The van der Waals surface area contributed by atoms with Gasteiger partial charge < -0.3 is 24.3 Å². The Labute approximate surface area is 178 Å². The third kappa shape index (κ3) is 3.57. The maximum atomic E-state index is 12.6. The Kier molecular flexibility index (Phi) is 4.94. The zero-order valence-corrected chi connectivity index (χ0v) is 17.4. The van der Waals surface area contributed by atoms with Crippen LogP contribution in [0.2, 0.25) is 0 Å². The number of hydrogen-bond acceptors (Lipinski definition) is 8. The number of ether oxygens (including phenoxy) is 4. The summed E-state index contributed by atoms with van der Waals surface area (Å²) in [5, 5.41) is 2.81. The third-order valence-corrected chi connectivity index (χ3v) is 5.43. The van der Waals surface area contributed by atoms with E-state index in [-0.39, 0.29) is 18.1 Å². The summed E-state index contributed by atoms with van der Waals surface area (Å²) in [6.45, 7) is 4.09. The number of carbonyl (C=O) groups is 1. The van der Waals surface area contributed by atoms with Crippen molar-refractivity contribution in [2.75, 3.05) is 19.0 Å². The Balaban J connectivity index is 1.45. The van der Waals surface area contributed by atoms with Crippen molar-refractivity contribution < 1.29 is 23.7 Å². The fourth-order valence-corrected chi connectivity index (χ4v) is 4.11. The number of methoxy groups -OCH3 is 1. The van der Waals surface area contributed by atoms with Gasteiger partial charge >= 0.3 is 0 Å². The average Bonchev–Trinajstić information content (AvgIpc) is 3.33. The Bertz CT molecular complexity index is 1100. The van der Waals surface area contributed by atoms with Crippen LogP contribution in [0.25, 0.3) is 11.2 Å². The van der Waals surface area contributed by atoms with Crippen LogP contribution < -0.4 is 5.32 Å². The summed E-state index contributed by atoms with van der Waals surface area (Å²) in [5.41, 5.74) is 1.49. The van der Waals surface area contributed by atoms with Gasteiger partial charge in [-0.3, -0.25) is 9.36 Å². The summed E-state index contributed by atoms with van der Waals surface area (Å²) in [6.07, 6.45) is 1.51. The van der Waals surface area contributed by atoms with E-state index < -0.39 is 18.1 Å². The molecule has 162 valence electrons. The molecule has 0 aliphatic carbocycles. The molecular weight excluding hydrogens is 402 g/mol. The van der Waals surface area contributed by atoms with Gasteiger partial charge in [0.1, 0.15) is 24.6 Å². The van der Waals surface area contributed by atoms with Crippen molar-refractivity contribution >= 4 is 22.9 Å². The van der Waals surface area contributed by atoms with Crippen molar-refractivity contribution in [3.05, 3.63) is 48.5 Å². The van der Waals surface area contributed by atoms with Crippen LogP contribution in [0.4, 0.5) is 5.82 Å². The van der Waals surface area contributed by atoms with E-state index in [0.717, 1.165) is 0 Å². The van der Waals surface area contributed by atoms with E-state index in [0.29, 0.717) is 29.2 Å². The summed E-state index contributed by atoms with van der Waals surface area (Å²) < 4.78 is 25.6. The minimum atomic E-state index is -0.710. The number of carbonyl (C=O) groups excluding carboxylic acids is 1. The van der Waals surface area contributed by atoms with Crippen LogP contribution in [0.1, 0.15) is 30.4 Å². The second-order valence-corrected chi connectivity index (χ2v) is 7.93. The molecule has 10 nitrogen and oxygen atoms in total. The number of benzene rings is 1. The quantitative estimate of drug-likeness (QED) is 0.677. The highest BCUT2D eigenvalue weighted by Crippen LogP contribution is 2.39. The fourth-order valence-electron chi connectivity index (χ4n) is 4.11. The number of aromatic nitrogens is 4. The molecule has 2 aromatic heterocycles. The van der Waals surface area contributed by atoms with Gasteiger partial charge in [0.05, 0.1) is 12.9 Å². The van der Waals surface area contributed by atoms with E-state index in [1.807, 2.05) is 19.9 Å². The van der Waals surface area contributed by atoms with Crippen molar-refractivity contribution in [1.82, 2.24) is 19.5 Å². The first kappa shape index (κ1) is 20.0. The maximum absolute atomic E-state index is 12.6. The molecule has 0 bridgehead atoms. The zero-order chi connectivity index (χ0) is 21.6. The molecule has 1 amide bonds. The molecule has 4 atom stereocenters. The van der Waals surface area contributed by atoms with E-state index >= 15 is 0 Å². The van der Waals surface area contributed by atoms with Crippen molar-refractivity contribution in [2.24, 2.45) is 0 Å². The minimum Gasteiger partial charge on any atom is -0.374 e. The van der Waals surface area contributed by atoms with E-state index in [4.69, 9.17) is 18.9 Å². The first-order valence-electron chi connectivity index (χ1n) is 10.0. The van der Waals surface area contributed by atoms with Gasteiger partial charge in [-0.05, 0) is 26.0 Å². The first-order chi connectivity index (χ1) is 15.0. The molecule has 1 N–H and O–H groups in total. The predicted molar refractivity (Wildman–Crippen MR) is 109 cm³/mol. The number of fused-ring (bicyclic) bond motifs is 2. The highest BCUT2D eigenvalue weighted by atomic mass is 16.8. The normalized spacial score (nSPS) is 27.2. The number of nitrogens with zero attached hydrogens (tertiary/aromatic N) is 4. The molecule has 2 aliphatic rings. The molecule has 0 radical (unpaired) electrons. The van der Waals surface area contributed by atoms with Gasteiger partial charge in [0.2, 0.25) is 0 Å². The summed E-state index contributed by atoms with van der Waals surface area (Å²) in [4.78, 5) is 25.6. The number of hydrogen-bond donors (Lipinski definition) is 1. The minimum absolute atomic E-state index is 0.221. The van der Waals surface area contributed by atoms with E-state index in [2.05, 4.69) is 20.3 Å². The maximum Gasteiger partial charge on any atom is 0.256 e. The van der Waals surface area contributed by atoms with Crippen LogP contribution in [0.15, 0.2) is 43.0 Å². The van der Waals surface area contributed by atoms with Crippen LogP contribution in [-0.4, -0.2) is 63.2 Å². The van der Waals surface area contributed by atoms with Gasteiger partial charge in [0.15, 0.2) is 29.0 Å². The molecule has 3 aromatic rings. The number of anilines is 1. The molecular formula is C21H23N5O5. The Morgan fingerprint density at radius 1 is 1.19 bits per heavy atom. The van der Waals surface area contributed by atoms with E-state index in [1.54, 1.807) is 42.3 Å². The van der Waals surface area contributed by atoms with Gasteiger partial charge in [-0.15, -0.1) is 0 Å². The van der Waals surface area contributed by atoms with Crippen molar-refractivity contribution in [2.45, 2.75) is 44.2 Å². The van der Waals surface area contributed by atoms with E-state index in [1.165, 1.54) is 6.33 Å². The molecule has 2 aliphatic heterocycles. The molecule has 4 heterocycles. The molecule has 2 saturated heterocycles. The molecule has 31 heavy (non-hydrogen) atoms. The highest BCUT2D eigenvalue weighted by Gasteiger charge is 2.52. The Hall–Kier alpha value is -2.92. The van der Waals surface area contributed by atoms with Crippen molar-refractivity contribution in [3.8, 4) is 0 Å². The van der Waals surface area contributed by atoms with Gasteiger partial charge in [-0.2, -0.15) is 0 Å². The van der Waals surface area contributed by atoms with Gasteiger partial charge in [0, 0.05) is 12.7 Å². The third-order valence-electron chi connectivity index (χ3n) is 5.43. The van der Waals surface area contributed by atoms with Gasteiger partial charge in [-0.1, -0.05) is 18.2 Å². The first-order valence-corrected chi connectivity index (χ1v) is 10.0. The number of amides is 1. The van der Waals surface area contributed by atoms with Gasteiger partial charge in [-0.25, -0.2) is 15.0 Å². The second kappa shape index (κ2) is 7.65. The van der Waals surface area contributed by atoms with Crippen LogP contribution in [0.5, 0.6) is 0 Å². The smallest absolute Gasteiger partial charge is 0.256 e. The lowest BCUT2D eigenvalue weighted by molar-refractivity contribution is -0.191. The summed E-state index contributed by atoms with van der Waals surface area (Å²) >= 11 is 0. The largest absolute Gasteiger partial charge is 0.374 e. The molecule has 2 fully saturated rings. The van der Waals surface area contributed by atoms with Crippen LogP contribution >= 0.6 is 0 Å². The monoisotopic (exact) mass is 425 g/mol. The zero-order valence-electron chi connectivity index (χ0n) is 17.4. The van der Waals surface area contributed by atoms with E-state index in [9.17, 15) is 4.79 Å². The lowest BCUT2D eigenvalue weighted by Crippen LogP contribution is -2.50. The van der Waals surface area contributed by atoms with Crippen LogP contribution in [-0.2, 0) is 18.9 Å². The standard InChI is InChI=1S/C21H23N5O5/c1-21(2)30-13-9-29-20(16(28-3)15(13)31-21)26-11-24-14-17(22-10-23-18(14)26)25-19(27)12-7-5-4-6-8-12/h4-8,10-11,13,15-16,20H,9H2,1-3H3,(H,22,23,25,27)/t13-,15-,16+,20+/m0/s1. The van der Waals surface area contributed by atoms with Gasteiger partial charge in [0.25, 0.3) is 5.91 Å². The number of nitrogens with one attached hydrogen (secondary N) is 1.